The van der Waals surface area contributed by atoms with Crippen LogP contribution in [0.5, 0.6) is 0 Å². The lowest BCUT2D eigenvalue weighted by Crippen LogP contribution is -2.08. The minimum absolute atomic E-state index is 0.946. The molecular weight excluding hydrogens is 192 g/mol. The van der Waals surface area contributed by atoms with Crippen molar-refractivity contribution in [2.24, 2.45) is 5.92 Å². The summed E-state index contributed by atoms with van der Waals surface area (Å²) in [5.41, 5.74) is 3.05. The Morgan fingerprint density at radius 1 is 0.938 bits per heavy atom. The molecular formula is C16H24. The first-order chi connectivity index (χ1) is 7.86. The maximum Gasteiger partial charge on any atom is -0.0248 e. The molecule has 0 N–H and O–H groups in total. The molecule has 0 unspecified atom stereocenters. The summed E-state index contributed by atoms with van der Waals surface area (Å²) in [4.78, 5) is 0. The van der Waals surface area contributed by atoms with Gasteiger partial charge in [-0.3, -0.25) is 0 Å². The normalized spacial score (nSPS) is 19.1. The summed E-state index contributed by atoms with van der Waals surface area (Å²) in [7, 11) is 0. The van der Waals surface area contributed by atoms with Gasteiger partial charge in [-0.05, 0) is 30.4 Å². The van der Waals surface area contributed by atoms with Gasteiger partial charge in [0.05, 0.1) is 0 Å². The van der Waals surface area contributed by atoms with Crippen molar-refractivity contribution in [1.29, 1.82) is 0 Å². The monoisotopic (exact) mass is 216 g/mol. The third kappa shape index (κ3) is 3.37. The number of aryl methyl sites for hydroxylation is 1. The van der Waals surface area contributed by atoms with Crippen LogP contribution in [0, 0.1) is 12.8 Å². The van der Waals surface area contributed by atoms with E-state index >= 15 is 0 Å². The Morgan fingerprint density at radius 3 is 2.25 bits per heavy atom. The van der Waals surface area contributed by atoms with Gasteiger partial charge in [-0.1, -0.05) is 69.2 Å². The fourth-order valence-corrected chi connectivity index (χ4v) is 2.89. The predicted molar refractivity (Wildman–Crippen MR) is 70.7 cm³/mol. The van der Waals surface area contributed by atoms with Gasteiger partial charge in [0.15, 0.2) is 0 Å². The molecule has 1 aromatic carbocycles. The van der Waals surface area contributed by atoms with Crippen molar-refractivity contribution in [2.45, 2.75) is 58.3 Å². The molecule has 16 heavy (non-hydrogen) atoms. The van der Waals surface area contributed by atoms with E-state index < -0.39 is 0 Å². The van der Waals surface area contributed by atoms with E-state index in [9.17, 15) is 0 Å². The Morgan fingerprint density at radius 2 is 1.56 bits per heavy atom. The molecule has 2 rings (SSSR count). The van der Waals surface area contributed by atoms with Crippen LogP contribution >= 0.6 is 0 Å². The van der Waals surface area contributed by atoms with Crippen LogP contribution in [0.1, 0.15) is 56.1 Å². The van der Waals surface area contributed by atoms with Crippen molar-refractivity contribution in [1.82, 2.24) is 0 Å². The molecule has 0 spiro atoms. The molecule has 0 nitrogen and oxygen atoms in total. The second-order valence-electron chi connectivity index (χ2n) is 5.34. The van der Waals surface area contributed by atoms with Gasteiger partial charge in [-0.15, -0.1) is 0 Å². The van der Waals surface area contributed by atoms with Gasteiger partial charge < -0.3 is 0 Å². The zero-order valence-corrected chi connectivity index (χ0v) is 10.5. The second-order valence-corrected chi connectivity index (χ2v) is 5.34. The van der Waals surface area contributed by atoms with Gasteiger partial charge in [-0.2, -0.15) is 0 Å². The van der Waals surface area contributed by atoms with Crippen molar-refractivity contribution in [2.75, 3.05) is 0 Å². The fraction of sp³-hybridized carbons (Fsp3) is 0.625. The van der Waals surface area contributed by atoms with E-state index in [-0.39, 0.29) is 0 Å². The van der Waals surface area contributed by atoms with Crippen LogP contribution in [-0.4, -0.2) is 0 Å². The maximum absolute atomic E-state index is 2.31. The molecule has 1 aliphatic carbocycles. The van der Waals surface area contributed by atoms with Crippen LogP contribution in [0.15, 0.2) is 24.3 Å². The molecule has 1 fully saturated rings. The van der Waals surface area contributed by atoms with Crippen LogP contribution < -0.4 is 0 Å². The Hall–Kier alpha value is -0.780. The highest BCUT2D eigenvalue weighted by Gasteiger charge is 2.12. The molecule has 0 radical (unpaired) electrons. The van der Waals surface area contributed by atoms with E-state index in [1.165, 1.54) is 56.9 Å². The molecule has 1 aromatic rings. The van der Waals surface area contributed by atoms with Gasteiger partial charge in [0.2, 0.25) is 0 Å². The highest BCUT2D eigenvalue weighted by atomic mass is 14.2. The zero-order chi connectivity index (χ0) is 11.2. The molecule has 1 aliphatic rings. The Bertz CT molecular complexity index is 306. The van der Waals surface area contributed by atoms with Crippen LogP contribution in [0.4, 0.5) is 0 Å². The van der Waals surface area contributed by atoms with E-state index in [1.807, 2.05) is 0 Å². The summed E-state index contributed by atoms with van der Waals surface area (Å²) in [5, 5.41) is 0. The van der Waals surface area contributed by atoms with E-state index in [4.69, 9.17) is 0 Å². The third-order valence-electron chi connectivity index (χ3n) is 3.99. The van der Waals surface area contributed by atoms with E-state index in [1.54, 1.807) is 5.56 Å². The molecule has 0 bridgehead atoms. The molecule has 1 saturated carbocycles. The summed E-state index contributed by atoms with van der Waals surface area (Å²) in [6.07, 6.45) is 11.5. The largest absolute Gasteiger partial charge is 0.0620 e. The quantitative estimate of drug-likeness (QED) is 0.659. The standard InChI is InChI=1S/C16H24/c1-14-9-7-8-12-16(14)13-15-10-5-3-2-4-6-11-15/h7-9,12,15H,2-6,10-11,13H2,1H3. The number of benzene rings is 1. The van der Waals surface area contributed by atoms with Crippen molar-refractivity contribution < 1.29 is 0 Å². The Kier molecular flexibility index (Phi) is 4.44. The van der Waals surface area contributed by atoms with Crippen LogP contribution in [0.2, 0.25) is 0 Å². The number of rotatable bonds is 2. The van der Waals surface area contributed by atoms with Crippen LogP contribution in [0.3, 0.4) is 0 Å². The van der Waals surface area contributed by atoms with Crippen LogP contribution in [-0.2, 0) is 6.42 Å². The fourth-order valence-electron chi connectivity index (χ4n) is 2.89. The third-order valence-corrected chi connectivity index (χ3v) is 3.99. The lowest BCUT2D eigenvalue weighted by molar-refractivity contribution is 0.376. The Labute approximate surface area is 100 Å². The summed E-state index contributed by atoms with van der Waals surface area (Å²) < 4.78 is 0. The first-order valence-electron chi connectivity index (χ1n) is 6.91. The van der Waals surface area contributed by atoms with Crippen molar-refractivity contribution in [3.63, 3.8) is 0 Å². The van der Waals surface area contributed by atoms with Gasteiger partial charge in [0, 0.05) is 0 Å². The zero-order valence-electron chi connectivity index (χ0n) is 10.5. The maximum atomic E-state index is 2.31. The summed E-state index contributed by atoms with van der Waals surface area (Å²) in [6.45, 7) is 2.25. The minimum atomic E-state index is 0.946. The highest BCUT2D eigenvalue weighted by molar-refractivity contribution is 5.25. The van der Waals surface area contributed by atoms with Crippen molar-refractivity contribution in [3.05, 3.63) is 35.4 Å². The van der Waals surface area contributed by atoms with Gasteiger partial charge in [0.25, 0.3) is 0 Å². The van der Waals surface area contributed by atoms with Gasteiger partial charge in [-0.25, -0.2) is 0 Å². The van der Waals surface area contributed by atoms with Crippen LogP contribution in [0.25, 0.3) is 0 Å². The second kappa shape index (κ2) is 6.08. The summed E-state index contributed by atoms with van der Waals surface area (Å²) >= 11 is 0. The Balaban J connectivity index is 1.94. The molecule has 0 heterocycles. The molecule has 0 amide bonds. The molecule has 0 aromatic heterocycles. The first kappa shape index (κ1) is 11.7. The first-order valence-corrected chi connectivity index (χ1v) is 6.91. The SMILES string of the molecule is Cc1ccccc1CC1CCCCCCC1. The minimum Gasteiger partial charge on any atom is -0.0620 e. The van der Waals surface area contributed by atoms with E-state index in [0.29, 0.717) is 0 Å². The molecule has 88 valence electrons. The topological polar surface area (TPSA) is 0 Å². The predicted octanol–water partition coefficient (Wildman–Crippen LogP) is 4.90. The number of hydrogen-bond donors (Lipinski definition) is 0. The molecule has 0 atom stereocenters. The highest BCUT2D eigenvalue weighted by Crippen LogP contribution is 2.26. The van der Waals surface area contributed by atoms with E-state index in [0.717, 1.165) is 5.92 Å². The van der Waals surface area contributed by atoms with Crippen molar-refractivity contribution >= 4 is 0 Å². The average Bonchev–Trinajstić information content (AvgIpc) is 2.24. The van der Waals surface area contributed by atoms with Gasteiger partial charge >= 0.3 is 0 Å². The molecule has 0 aliphatic heterocycles. The van der Waals surface area contributed by atoms with Crippen molar-refractivity contribution in [3.8, 4) is 0 Å². The molecule has 0 saturated heterocycles. The average molecular weight is 216 g/mol. The lowest BCUT2D eigenvalue weighted by atomic mass is 9.86. The summed E-state index contributed by atoms with van der Waals surface area (Å²) in [5.74, 6) is 0.946. The number of hydrogen-bond acceptors (Lipinski definition) is 0. The van der Waals surface area contributed by atoms with E-state index in [2.05, 4.69) is 31.2 Å². The summed E-state index contributed by atoms with van der Waals surface area (Å²) in [6, 6.07) is 8.90. The lowest BCUT2D eigenvalue weighted by Gasteiger charge is -2.20. The molecule has 0 heteroatoms. The van der Waals surface area contributed by atoms with Gasteiger partial charge in [0.1, 0.15) is 0 Å². The smallest absolute Gasteiger partial charge is 0.0248 e.